The molecule has 1 saturated heterocycles. The van der Waals surface area contributed by atoms with E-state index in [1.807, 2.05) is 6.92 Å². The van der Waals surface area contributed by atoms with E-state index in [-0.39, 0.29) is 35.3 Å². The van der Waals surface area contributed by atoms with Crippen LogP contribution >= 0.6 is 0 Å². The van der Waals surface area contributed by atoms with Gasteiger partial charge < -0.3 is 15.5 Å². The number of rotatable bonds is 5. The molecule has 4 atom stereocenters. The number of amides is 2. The quantitative estimate of drug-likeness (QED) is 0.810. The van der Waals surface area contributed by atoms with Crippen LogP contribution in [0.25, 0.3) is 0 Å². The van der Waals surface area contributed by atoms with Gasteiger partial charge in [0.25, 0.3) is 5.91 Å². The lowest BCUT2D eigenvalue weighted by Gasteiger charge is -2.31. The topological polar surface area (TPSA) is 66.6 Å². The van der Waals surface area contributed by atoms with E-state index in [1.54, 1.807) is 16.8 Å². The first-order valence-corrected chi connectivity index (χ1v) is 10.1. The number of benzene rings is 1. The molecule has 1 aromatic carbocycles. The van der Waals surface area contributed by atoms with Gasteiger partial charge in [-0.15, -0.1) is 0 Å². The van der Waals surface area contributed by atoms with E-state index in [1.165, 1.54) is 12.1 Å². The zero-order valence-corrected chi connectivity index (χ0v) is 16.8. The van der Waals surface area contributed by atoms with E-state index >= 15 is 0 Å². The Balaban J connectivity index is 1.69. The van der Waals surface area contributed by atoms with E-state index in [2.05, 4.69) is 0 Å². The van der Waals surface area contributed by atoms with Crippen molar-refractivity contribution in [1.82, 2.24) is 9.80 Å². The van der Waals surface area contributed by atoms with Crippen molar-refractivity contribution in [3.63, 3.8) is 0 Å². The van der Waals surface area contributed by atoms with Crippen LogP contribution in [-0.2, 0) is 11.0 Å². The van der Waals surface area contributed by atoms with Gasteiger partial charge in [0.2, 0.25) is 5.91 Å². The van der Waals surface area contributed by atoms with Gasteiger partial charge in [-0.2, -0.15) is 13.2 Å². The number of fused-ring (bicyclic) bond motifs is 1. The lowest BCUT2D eigenvalue weighted by Crippen LogP contribution is -2.48. The van der Waals surface area contributed by atoms with Crippen molar-refractivity contribution in [1.29, 1.82) is 0 Å². The molecule has 1 heterocycles. The fourth-order valence-corrected chi connectivity index (χ4v) is 4.75. The smallest absolute Gasteiger partial charge is 0.341 e. The third-order valence-electron chi connectivity index (χ3n) is 6.31. The fourth-order valence-electron chi connectivity index (χ4n) is 4.75. The van der Waals surface area contributed by atoms with E-state index in [0.29, 0.717) is 19.5 Å². The molecular formula is C21H28F3N3O2. The molecule has 3 rings (SSSR count). The molecule has 1 aromatic rings. The fraction of sp³-hybridized carbons (Fsp3) is 0.619. The van der Waals surface area contributed by atoms with Crippen molar-refractivity contribution in [2.75, 3.05) is 20.1 Å². The average molecular weight is 411 g/mol. The van der Waals surface area contributed by atoms with E-state index < -0.39 is 17.8 Å². The third-order valence-corrected chi connectivity index (χ3v) is 6.31. The summed E-state index contributed by atoms with van der Waals surface area (Å²) in [6, 6.07) is 4.04. The summed E-state index contributed by atoms with van der Waals surface area (Å²) in [6.45, 7) is 2.94. The molecule has 1 aliphatic heterocycles. The summed E-state index contributed by atoms with van der Waals surface area (Å²) in [5, 5.41) is 0. The highest BCUT2D eigenvalue weighted by Crippen LogP contribution is 2.41. The Hall–Kier alpha value is -2.09. The minimum atomic E-state index is -4.48. The van der Waals surface area contributed by atoms with Gasteiger partial charge in [-0.05, 0) is 43.4 Å². The molecule has 8 heteroatoms. The summed E-state index contributed by atoms with van der Waals surface area (Å²) >= 11 is 0. The Bertz CT molecular complexity index is 768. The van der Waals surface area contributed by atoms with Gasteiger partial charge in [0.1, 0.15) is 0 Å². The first-order chi connectivity index (χ1) is 13.6. The Labute approximate surface area is 169 Å². The van der Waals surface area contributed by atoms with Crippen LogP contribution in [0.15, 0.2) is 24.3 Å². The summed E-state index contributed by atoms with van der Waals surface area (Å²) in [7, 11) is 1.77. The first kappa shape index (κ1) is 21.6. The highest BCUT2D eigenvalue weighted by Gasteiger charge is 2.46. The predicted octanol–water partition coefficient (Wildman–Crippen LogP) is 3.14. The summed E-state index contributed by atoms with van der Waals surface area (Å²) in [5.41, 5.74) is 5.21. The van der Waals surface area contributed by atoms with Crippen molar-refractivity contribution >= 4 is 11.8 Å². The SMILES string of the molecule is CCC[C@H](N)C(=O)N(C)[C@H]1CC[C@@H]2CN(C(=O)c3cccc(C(F)(F)F)c3)C[C@@H]21. The van der Waals surface area contributed by atoms with Crippen LogP contribution in [0.3, 0.4) is 0 Å². The van der Waals surface area contributed by atoms with Crippen LogP contribution < -0.4 is 5.73 Å². The molecule has 1 aliphatic carbocycles. The van der Waals surface area contributed by atoms with Gasteiger partial charge in [-0.1, -0.05) is 19.4 Å². The number of carbonyl (C=O) groups is 2. The molecule has 0 aromatic heterocycles. The molecule has 2 fully saturated rings. The Morgan fingerprint density at radius 1 is 1.28 bits per heavy atom. The van der Waals surface area contributed by atoms with E-state index in [9.17, 15) is 22.8 Å². The van der Waals surface area contributed by atoms with Crippen molar-refractivity contribution in [3.05, 3.63) is 35.4 Å². The predicted molar refractivity (Wildman–Crippen MR) is 103 cm³/mol. The maximum Gasteiger partial charge on any atom is 0.416 e. The summed E-state index contributed by atoms with van der Waals surface area (Å²) in [6.07, 6.45) is -1.27. The number of carbonyl (C=O) groups excluding carboxylic acids is 2. The molecule has 2 amide bonds. The maximum atomic E-state index is 13.0. The zero-order chi connectivity index (χ0) is 21.3. The van der Waals surface area contributed by atoms with E-state index in [0.717, 1.165) is 31.4 Å². The lowest BCUT2D eigenvalue weighted by molar-refractivity contribution is -0.137. The van der Waals surface area contributed by atoms with Gasteiger partial charge >= 0.3 is 6.18 Å². The monoisotopic (exact) mass is 411 g/mol. The van der Waals surface area contributed by atoms with Crippen LogP contribution in [0.5, 0.6) is 0 Å². The van der Waals surface area contributed by atoms with Crippen molar-refractivity contribution in [2.24, 2.45) is 17.6 Å². The molecule has 29 heavy (non-hydrogen) atoms. The highest BCUT2D eigenvalue weighted by atomic mass is 19.4. The molecule has 5 nitrogen and oxygen atoms in total. The summed E-state index contributed by atoms with van der Waals surface area (Å²) in [4.78, 5) is 28.8. The molecule has 2 N–H and O–H groups in total. The Morgan fingerprint density at radius 3 is 2.66 bits per heavy atom. The van der Waals surface area contributed by atoms with Gasteiger partial charge in [-0.3, -0.25) is 9.59 Å². The van der Waals surface area contributed by atoms with Crippen molar-refractivity contribution in [3.8, 4) is 0 Å². The zero-order valence-electron chi connectivity index (χ0n) is 16.8. The molecule has 0 unspecified atom stereocenters. The number of hydrogen-bond acceptors (Lipinski definition) is 3. The Kier molecular flexibility index (Phi) is 6.22. The average Bonchev–Trinajstić information content (AvgIpc) is 3.26. The largest absolute Gasteiger partial charge is 0.416 e. The number of halogens is 3. The molecule has 0 spiro atoms. The number of nitrogens with two attached hydrogens (primary N) is 1. The first-order valence-electron chi connectivity index (χ1n) is 10.1. The molecule has 2 aliphatic rings. The second-order valence-electron chi connectivity index (χ2n) is 8.20. The molecule has 160 valence electrons. The molecular weight excluding hydrogens is 383 g/mol. The second-order valence-corrected chi connectivity index (χ2v) is 8.20. The van der Waals surface area contributed by atoms with E-state index in [4.69, 9.17) is 5.73 Å². The second kappa shape index (κ2) is 8.34. The third kappa shape index (κ3) is 4.42. The van der Waals surface area contributed by atoms with Crippen LogP contribution in [0.1, 0.15) is 48.5 Å². The van der Waals surface area contributed by atoms with Crippen LogP contribution in [0.2, 0.25) is 0 Å². The number of alkyl halides is 3. The van der Waals surface area contributed by atoms with Gasteiger partial charge in [-0.25, -0.2) is 0 Å². The minimum Gasteiger partial charge on any atom is -0.341 e. The summed E-state index contributed by atoms with van der Waals surface area (Å²) in [5.74, 6) is -0.0824. The molecule has 0 radical (unpaired) electrons. The molecule has 1 saturated carbocycles. The summed E-state index contributed by atoms with van der Waals surface area (Å²) < 4.78 is 38.9. The lowest BCUT2D eigenvalue weighted by atomic mass is 9.96. The standard InChI is InChI=1S/C21H28F3N3O2/c1-3-5-17(25)20(29)26(2)18-9-8-14-11-27(12-16(14)18)19(28)13-6-4-7-15(10-13)21(22,23)24/h4,6-7,10,14,16-18H,3,5,8-9,11-12,25H2,1-2H3/t14-,16+,17+,18+/m1/s1. The maximum absolute atomic E-state index is 13.0. The minimum absolute atomic E-state index is 0.00900. The van der Waals surface area contributed by atoms with Gasteiger partial charge in [0.05, 0.1) is 11.6 Å². The van der Waals surface area contributed by atoms with Crippen molar-refractivity contribution < 1.29 is 22.8 Å². The number of hydrogen-bond donors (Lipinski definition) is 1. The Morgan fingerprint density at radius 2 is 2.00 bits per heavy atom. The van der Waals surface area contributed by atoms with Crippen LogP contribution in [0.4, 0.5) is 13.2 Å². The number of likely N-dealkylation sites (tertiary alicyclic amines) is 1. The normalized spacial score (nSPS) is 25.0. The van der Waals surface area contributed by atoms with Crippen LogP contribution in [0, 0.1) is 11.8 Å². The number of likely N-dealkylation sites (N-methyl/N-ethyl adjacent to an activating group) is 1. The highest BCUT2D eigenvalue weighted by molar-refractivity contribution is 5.94. The van der Waals surface area contributed by atoms with Crippen LogP contribution in [-0.4, -0.2) is 53.8 Å². The number of nitrogens with zero attached hydrogens (tertiary/aromatic N) is 2. The van der Waals surface area contributed by atoms with Gasteiger partial charge in [0, 0.05) is 37.7 Å². The van der Waals surface area contributed by atoms with Gasteiger partial charge in [0.15, 0.2) is 0 Å². The van der Waals surface area contributed by atoms with Crippen molar-refractivity contribution in [2.45, 2.75) is 50.9 Å². The molecule has 0 bridgehead atoms.